The summed E-state index contributed by atoms with van der Waals surface area (Å²) in [5.41, 5.74) is 1.13. The van der Waals surface area contributed by atoms with Crippen LogP contribution in [0.3, 0.4) is 0 Å². The van der Waals surface area contributed by atoms with Crippen molar-refractivity contribution in [2.24, 2.45) is 5.92 Å². The van der Waals surface area contributed by atoms with Crippen LogP contribution in [0.15, 0.2) is 24.3 Å². The molecule has 1 aliphatic carbocycles. The molecule has 1 fully saturated rings. The fourth-order valence-electron chi connectivity index (χ4n) is 3.74. The minimum atomic E-state index is -0.883. The molecule has 0 aliphatic heterocycles. The minimum Gasteiger partial charge on any atom is -0.491 e. The summed E-state index contributed by atoms with van der Waals surface area (Å²) in [4.78, 5) is 0. The monoisotopic (exact) mass is 318 g/mol. The molecule has 0 amide bonds. The summed E-state index contributed by atoms with van der Waals surface area (Å²) < 4.78 is 33.7. The highest BCUT2D eigenvalue weighted by Crippen LogP contribution is 2.38. The summed E-state index contributed by atoms with van der Waals surface area (Å²) in [7, 11) is 0. The zero-order valence-corrected chi connectivity index (χ0v) is 13.9. The van der Waals surface area contributed by atoms with Crippen molar-refractivity contribution in [2.75, 3.05) is 6.61 Å². The van der Waals surface area contributed by atoms with Crippen molar-refractivity contribution in [3.8, 4) is 5.75 Å². The molecule has 1 saturated carbocycles. The Morgan fingerprint density at radius 2 is 1.74 bits per heavy atom. The van der Waals surface area contributed by atoms with E-state index in [0.717, 1.165) is 24.3 Å². The fourth-order valence-corrected chi connectivity index (χ4v) is 3.74. The van der Waals surface area contributed by atoms with Crippen molar-refractivity contribution in [1.29, 1.82) is 0 Å². The number of ether oxygens (including phenoxy) is 1. The lowest BCUT2D eigenvalue weighted by Gasteiger charge is -2.28. The summed E-state index contributed by atoms with van der Waals surface area (Å²) in [6.07, 6.45) is 6.00. The molecule has 0 aromatic heterocycles. The highest BCUT2D eigenvalue weighted by molar-refractivity contribution is 5.85. The minimum absolute atomic E-state index is 0.00583. The number of hydrogen-bond donors (Lipinski definition) is 0. The predicted octanol–water partition coefficient (Wildman–Crippen LogP) is 6.20. The van der Waals surface area contributed by atoms with Gasteiger partial charge in [-0.2, -0.15) is 4.39 Å². The van der Waals surface area contributed by atoms with Crippen molar-refractivity contribution in [2.45, 2.75) is 51.9 Å². The van der Waals surface area contributed by atoms with Crippen LogP contribution >= 0.6 is 0 Å². The van der Waals surface area contributed by atoms with Gasteiger partial charge in [0.2, 0.25) is 5.82 Å². The van der Waals surface area contributed by atoms with Gasteiger partial charge in [0.1, 0.15) is 0 Å². The van der Waals surface area contributed by atoms with Crippen LogP contribution in [-0.2, 0) is 0 Å². The topological polar surface area (TPSA) is 9.23 Å². The lowest BCUT2D eigenvalue weighted by Crippen LogP contribution is -2.12. The number of hydrogen-bond acceptors (Lipinski definition) is 1. The second-order valence-corrected chi connectivity index (χ2v) is 6.54. The first-order valence-corrected chi connectivity index (χ1v) is 8.68. The van der Waals surface area contributed by atoms with Crippen LogP contribution < -0.4 is 4.74 Å². The van der Waals surface area contributed by atoms with E-state index < -0.39 is 11.6 Å². The predicted molar refractivity (Wildman–Crippen MR) is 90.0 cm³/mol. The molecule has 2 aromatic rings. The molecule has 3 rings (SSSR count). The summed E-state index contributed by atoms with van der Waals surface area (Å²) in [6, 6.07) is 7.38. The molecule has 0 spiro atoms. The third kappa shape index (κ3) is 3.19. The second kappa shape index (κ2) is 6.86. The lowest BCUT2D eigenvalue weighted by atomic mass is 9.77. The Morgan fingerprint density at radius 3 is 2.39 bits per heavy atom. The molecule has 0 bridgehead atoms. The van der Waals surface area contributed by atoms with E-state index in [-0.39, 0.29) is 5.75 Å². The van der Waals surface area contributed by atoms with E-state index in [2.05, 4.69) is 13.0 Å². The van der Waals surface area contributed by atoms with E-state index in [1.165, 1.54) is 19.3 Å². The first-order valence-electron chi connectivity index (χ1n) is 8.68. The molecule has 0 radical (unpaired) electrons. The third-order valence-electron chi connectivity index (χ3n) is 5.20. The number of benzene rings is 2. The molecule has 0 saturated heterocycles. The summed E-state index contributed by atoms with van der Waals surface area (Å²) in [5.74, 6) is -0.388. The van der Waals surface area contributed by atoms with Gasteiger partial charge < -0.3 is 4.74 Å². The molecule has 0 unspecified atom stereocenters. The number of halogens is 2. The number of rotatable bonds is 4. The van der Waals surface area contributed by atoms with Crippen LogP contribution in [0.2, 0.25) is 0 Å². The molecular weight excluding hydrogens is 294 g/mol. The molecule has 124 valence electrons. The Bertz CT molecular complexity index is 688. The Morgan fingerprint density at radius 1 is 1.00 bits per heavy atom. The van der Waals surface area contributed by atoms with Crippen LogP contribution in [0.1, 0.15) is 57.4 Å². The SMILES string of the molecule is CCOc1cc2ccc(C3CCC(CC)CC3)cc2c(F)c1F. The van der Waals surface area contributed by atoms with Gasteiger partial charge in [-0.1, -0.05) is 25.5 Å². The quantitative estimate of drug-likeness (QED) is 0.652. The molecule has 1 nitrogen and oxygen atoms in total. The van der Waals surface area contributed by atoms with E-state index in [1.54, 1.807) is 13.0 Å². The summed E-state index contributed by atoms with van der Waals surface area (Å²) >= 11 is 0. The van der Waals surface area contributed by atoms with Crippen molar-refractivity contribution >= 4 is 10.8 Å². The zero-order valence-electron chi connectivity index (χ0n) is 13.9. The molecule has 3 heteroatoms. The molecule has 0 heterocycles. The van der Waals surface area contributed by atoms with Gasteiger partial charge in [0.05, 0.1) is 6.61 Å². The average molecular weight is 318 g/mol. The molecule has 23 heavy (non-hydrogen) atoms. The van der Waals surface area contributed by atoms with Crippen LogP contribution in [-0.4, -0.2) is 6.61 Å². The van der Waals surface area contributed by atoms with Crippen molar-refractivity contribution in [1.82, 2.24) is 0 Å². The van der Waals surface area contributed by atoms with Gasteiger partial charge in [0, 0.05) is 5.39 Å². The van der Waals surface area contributed by atoms with E-state index in [9.17, 15) is 8.78 Å². The van der Waals surface area contributed by atoms with Crippen LogP contribution in [0.5, 0.6) is 5.75 Å². The fraction of sp³-hybridized carbons (Fsp3) is 0.500. The Balaban J connectivity index is 1.93. The van der Waals surface area contributed by atoms with E-state index in [1.807, 2.05) is 12.1 Å². The smallest absolute Gasteiger partial charge is 0.201 e. The highest BCUT2D eigenvalue weighted by Gasteiger charge is 2.22. The van der Waals surface area contributed by atoms with Gasteiger partial charge in [-0.15, -0.1) is 0 Å². The highest BCUT2D eigenvalue weighted by atomic mass is 19.2. The van der Waals surface area contributed by atoms with E-state index in [0.29, 0.717) is 23.3 Å². The molecular formula is C20H24F2O. The Kier molecular flexibility index (Phi) is 4.84. The van der Waals surface area contributed by atoms with Crippen LogP contribution in [0, 0.1) is 17.6 Å². The van der Waals surface area contributed by atoms with Crippen LogP contribution in [0.4, 0.5) is 8.78 Å². The van der Waals surface area contributed by atoms with Gasteiger partial charge in [-0.05, 0) is 67.5 Å². The van der Waals surface area contributed by atoms with E-state index in [4.69, 9.17) is 4.74 Å². The third-order valence-corrected chi connectivity index (χ3v) is 5.20. The maximum absolute atomic E-state index is 14.4. The lowest BCUT2D eigenvalue weighted by molar-refractivity contribution is 0.315. The first-order chi connectivity index (χ1) is 11.1. The van der Waals surface area contributed by atoms with Crippen molar-refractivity contribution < 1.29 is 13.5 Å². The normalized spacial score (nSPS) is 21.6. The Labute approximate surface area is 136 Å². The summed E-state index contributed by atoms with van der Waals surface area (Å²) in [5, 5.41) is 1.06. The Hall–Kier alpha value is -1.64. The second-order valence-electron chi connectivity index (χ2n) is 6.54. The number of fused-ring (bicyclic) bond motifs is 1. The standard InChI is InChI=1S/C20H24F2O/c1-3-13-5-7-14(8-6-13)15-9-10-16-12-18(23-4-2)20(22)19(21)17(16)11-15/h9-14H,3-8H2,1-2H3. The average Bonchev–Trinajstić information content (AvgIpc) is 2.59. The maximum Gasteiger partial charge on any atom is 0.201 e. The van der Waals surface area contributed by atoms with E-state index >= 15 is 0 Å². The van der Waals surface area contributed by atoms with Gasteiger partial charge in [-0.3, -0.25) is 0 Å². The van der Waals surface area contributed by atoms with Crippen molar-refractivity contribution in [3.63, 3.8) is 0 Å². The van der Waals surface area contributed by atoms with Crippen LogP contribution in [0.25, 0.3) is 10.8 Å². The van der Waals surface area contributed by atoms with Gasteiger partial charge in [0.25, 0.3) is 0 Å². The molecule has 0 N–H and O–H groups in total. The zero-order chi connectivity index (χ0) is 16.4. The van der Waals surface area contributed by atoms with Gasteiger partial charge in [0.15, 0.2) is 11.6 Å². The molecule has 0 atom stereocenters. The maximum atomic E-state index is 14.4. The first kappa shape index (κ1) is 16.2. The van der Waals surface area contributed by atoms with Gasteiger partial charge >= 0.3 is 0 Å². The van der Waals surface area contributed by atoms with Crippen molar-refractivity contribution in [3.05, 3.63) is 41.5 Å². The van der Waals surface area contributed by atoms with Gasteiger partial charge in [-0.25, -0.2) is 4.39 Å². The summed E-state index contributed by atoms with van der Waals surface area (Å²) in [6.45, 7) is 4.33. The molecule has 2 aromatic carbocycles. The molecule has 1 aliphatic rings. The largest absolute Gasteiger partial charge is 0.491 e.